The van der Waals surface area contributed by atoms with Crippen molar-refractivity contribution in [2.45, 2.75) is 32.2 Å². The highest BCUT2D eigenvalue weighted by atomic mass is 16.5. The van der Waals surface area contributed by atoms with E-state index in [0.29, 0.717) is 25.5 Å². The highest BCUT2D eigenvalue weighted by Crippen LogP contribution is 2.23. The Hall–Kier alpha value is -2.38. The first-order valence-corrected chi connectivity index (χ1v) is 10.3. The van der Waals surface area contributed by atoms with Gasteiger partial charge in [0.15, 0.2) is 0 Å². The number of likely N-dealkylation sites (tertiary alicyclic amines) is 1. The Bertz CT molecular complexity index is 752. The van der Waals surface area contributed by atoms with Gasteiger partial charge >= 0.3 is 0 Å². The zero-order chi connectivity index (χ0) is 20.5. The standard InChI is InChI=1S/C22H32N4O3/c1-28-16-12-24-22(27)8-3-18-9-13-25(14-10-18)17-21-23-11-15-26(21)19-4-6-20(29-2)7-5-19/h4-7,11,15,18H,3,8-10,12-14,16-17H2,1-2H3,(H,24,27). The van der Waals surface area contributed by atoms with Gasteiger partial charge in [-0.25, -0.2) is 4.98 Å². The van der Waals surface area contributed by atoms with Crippen LogP contribution in [0.25, 0.3) is 5.69 Å². The van der Waals surface area contributed by atoms with Crippen LogP contribution in [0, 0.1) is 5.92 Å². The fourth-order valence-electron chi connectivity index (χ4n) is 3.78. The van der Waals surface area contributed by atoms with Crippen molar-refractivity contribution in [3.63, 3.8) is 0 Å². The molecule has 0 atom stereocenters. The molecule has 3 rings (SSSR count). The highest BCUT2D eigenvalue weighted by molar-refractivity contribution is 5.75. The third kappa shape index (κ3) is 6.30. The van der Waals surface area contributed by atoms with Gasteiger partial charge in [0.1, 0.15) is 11.6 Å². The maximum absolute atomic E-state index is 11.9. The van der Waals surface area contributed by atoms with Crippen molar-refractivity contribution >= 4 is 5.91 Å². The molecule has 7 heteroatoms. The number of nitrogens with one attached hydrogen (secondary N) is 1. The first-order valence-electron chi connectivity index (χ1n) is 10.3. The predicted octanol–water partition coefficient (Wildman–Crippen LogP) is 2.64. The summed E-state index contributed by atoms with van der Waals surface area (Å²) in [6.07, 6.45) is 7.70. The summed E-state index contributed by atoms with van der Waals surface area (Å²) in [7, 11) is 3.32. The number of aromatic nitrogens is 2. The number of piperidine rings is 1. The fraction of sp³-hybridized carbons (Fsp3) is 0.545. The second kappa shape index (κ2) is 11.0. The van der Waals surface area contributed by atoms with E-state index in [1.807, 2.05) is 36.7 Å². The quantitative estimate of drug-likeness (QED) is 0.621. The number of nitrogens with zero attached hydrogens (tertiary/aromatic N) is 3. The van der Waals surface area contributed by atoms with Crippen LogP contribution < -0.4 is 10.1 Å². The molecule has 1 amide bonds. The average Bonchev–Trinajstić information content (AvgIpc) is 3.21. The Morgan fingerprint density at radius 2 is 1.97 bits per heavy atom. The Kier molecular flexibility index (Phi) is 8.07. The summed E-state index contributed by atoms with van der Waals surface area (Å²) in [5.41, 5.74) is 1.09. The molecule has 1 aliphatic rings. The van der Waals surface area contributed by atoms with E-state index in [1.165, 1.54) is 0 Å². The second-order valence-corrected chi connectivity index (χ2v) is 7.51. The van der Waals surface area contributed by atoms with Crippen molar-refractivity contribution < 1.29 is 14.3 Å². The van der Waals surface area contributed by atoms with Gasteiger partial charge in [-0.1, -0.05) is 0 Å². The first-order chi connectivity index (χ1) is 14.2. The summed E-state index contributed by atoms with van der Waals surface area (Å²) in [4.78, 5) is 18.9. The van der Waals surface area contributed by atoms with Gasteiger partial charge in [-0.05, 0) is 62.5 Å². The Morgan fingerprint density at radius 1 is 1.21 bits per heavy atom. The molecule has 1 saturated heterocycles. The van der Waals surface area contributed by atoms with Gasteiger partial charge in [0, 0.05) is 38.2 Å². The van der Waals surface area contributed by atoms with E-state index in [4.69, 9.17) is 9.47 Å². The largest absolute Gasteiger partial charge is 0.497 e. The Balaban J connectivity index is 1.44. The molecule has 1 aliphatic heterocycles. The van der Waals surface area contributed by atoms with Crippen LogP contribution in [0.1, 0.15) is 31.5 Å². The molecular formula is C22H32N4O3. The maximum Gasteiger partial charge on any atom is 0.220 e. The topological polar surface area (TPSA) is 68.6 Å². The summed E-state index contributed by atoms with van der Waals surface area (Å²) in [6.45, 7) is 4.09. The minimum atomic E-state index is 0.131. The third-order valence-electron chi connectivity index (χ3n) is 5.55. The van der Waals surface area contributed by atoms with Crippen LogP contribution in [0.3, 0.4) is 0 Å². The lowest BCUT2D eigenvalue weighted by Crippen LogP contribution is -2.34. The van der Waals surface area contributed by atoms with Crippen LogP contribution >= 0.6 is 0 Å². The van der Waals surface area contributed by atoms with E-state index in [0.717, 1.165) is 56.2 Å². The first kappa shape index (κ1) is 21.3. The van der Waals surface area contributed by atoms with E-state index in [1.54, 1.807) is 14.2 Å². The number of benzene rings is 1. The third-order valence-corrected chi connectivity index (χ3v) is 5.55. The maximum atomic E-state index is 11.9. The van der Waals surface area contributed by atoms with Crippen molar-refractivity contribution in [2.24, 2.45) is 5.92 Å². The molecule has 0 bridgehead atoms. The predicted molar refractivity (Wildman–Crippen MR) is 112 cm³/mol. The smallest absolute Gasteiger partial charge is 0.220 e. The van der Waals surface area contributed by atoms with E-state index in [2.05, 4.69) is 19.8 Å². The Labute approximate surface area is 173 Å². The normalized spacial score (nSPS) is 15.4. The number of imidazole rings is 1. The van der Waals surface area contributed by atoms with E-state index < -0.39 is 0 Å². The zero-order valence-electron chi connectivity index (χ0n) is 17.5. The molecular weight excluding hydrogens is 368 g/mol. The number of carbonyl (C=O) groups is 1. The molecule has 7 nitrogen and oxygen atoms in total. The van der Waals surface area contributed by atoms with E-state index in [9.17, 15) is 4.79 Å². The van der Waals surface area contributed by atoms with Gasteiger partial charge < -0.3 is 19.4 Å². The van der Waals surface area contributed by atoms with Crippen LogP contribution in [-0.2, 0) is 16.1 Å². The van der Waals surface area contributed by atoms with Crippen LogP contribution in [-0.4, -0.2) is 60.8 Å². The van der Waals surface area contributed by atoms with Gasteiger partial charge in [-0.3, -0.25) is 9.69 Å². The number of hydrogen-bond acceptors (Lipinski definition) is 5. The van der Waals surface area contributed by atoms with Crippen LogP contribution in [0.15, 0.2) is 36.7 Å². The molecule has 1 aromatic heterocycles. The van der Waals surface area contributed by atoms with E-state index in [-0.39, 0.29) is 5.91 Å². The van der Waals surface area contributed by atoms with Gasteiger partial charge in [0.2, 0.25) is 5.91 Å². The molecule has 0 spiro atoms. The highest BCUT2D eigenvalue weighted by Gasteiger charge is 2.21. The lowest BCUT2D eigenvalue weighted by atomic mass is 9.92. The van der Waals surface area contributed by atoms with Crippen molar-refractivity contribution in [1.82, 2.24) is 19.8 Å². The summed E-state index contributed by atoms with van der Waals surface area (Å²) in [6, 6.07) is 8.04. The molecule has 0 saturated carbocycles. The fourth-order valence-corrected chi connectivity index (χ4v) is 3.78. The summed E-state index contributed by atoms with van der Waals surface area (Å²) in [5.74, 6) is 2.66. The molecule has 0 radical (unpaired) electrons. The number of rotatable bonds is 10. The molecule has 29 heavy (non-hydrogen) atoms. The molecule has 1 N–H and O–H groups in total. The van der Waals surface area contributed by atoms with E-state index >= 15 is 0 Å². The molecule has 2 aromatic rings. The van der Waals surface area contributed by atoms with Crippen molar-refractivity contribution in [1.29, 1.82) is 0 Å². The number of ether oxygens (including phenoxy) is 2. The number of hydrogen-bond donors (Lipinski definition) is 1. The molecule has 2 heterocycles. The van der Waals surface area contributed by atoms with Crippen LogP contribution in [0.5, 0.6) is 5.75 Å². The molecule has 0 unspecified atom stereocenters. The minimum absolute atomic E-state index is 0.131. The van der Waals surface area contributed by atoms with Crippen LogP contribution in [0.4, 0.5) is 0 Å². The molecule has 0 aliphatic carbocycles. The number of amides is 1. The molecule has 1 aromatic carbocycles. The van der Waals surface area contributed by atoms with Gasteiger partial charge in [0.25, 0.3) is 0 Å². The van der Waals surface area contributed by atoms with Gasteiger partial charge in [-0.15, -0.1) is 0 Å². The second-order valence-electron chi connectivity index (χ2n) is 7.51. The van der Waals surface area contributed by atoms with Crippen molar-refractivity contribution in [3.05, 3.63) is 42.5 Å². The summed E-state index contributed by atoms with van der Waals surface area (Å²) in [5, 5.41) is 2.90. The summed E-state index contributed by atoms with van der Waals surface area (Å²) < 4.78 is 12.3. The lowest BCUT2D eigenvalue weighted by Gasteiger charge is -2.31. The Morgan fingerprint density at radius 3 is 2.66 bits per heavy atom. The van der Waals surface area contributed by atoms with Crippen molar-refractivity contribution in [3.8, 4) is 11.4 Å². The van der Waals surface area contributed by atoms with Gasteiger partial charge in [0.05, 0.1) is 20.3 Å². The molecule has 158 valence electrons. The van der Waals surface area contributed by atoms with Gasteiger partial charge in [-0.2, -0.15) is 0 Å². The number of methoxy groups -OCH3 is 2. The lowest BCUT2D eigenvalue weighted by molar-refractivity contribution is -0.121. The van der Waals surface area contributed by atoms with Crippen molar-refractivity contribution in [2.75, 3.05) is 40.5 Å². The molecule has 1 fully saturated rings. The monoisotopic (exact) mass is 400 g/mol. The van der Waals surface area contributed by atoms with Crippen LogP contribution in [0.2, 0.25) is 0 Å². The number of carbonyl (C=O) groups excluding carboxylic acids is 1. The summed E-state index contributed by atoms with van der Waals surface area (Å²) >= 11 is 0. The SMILES string of the molecule is COCCNC(=O)CCC1CCN(Cc2nccn2-c2ccc(OC)cc2)CC1. The zero-order valence-corrected chi connectivity index (χ0v) is 17.5. The average molecular weight is 401 g/mol. The minimum Gasteiger partial charge on any atom is -0.497 e.